The average Bonchev–Trinajstić information content (AvgIpc) is 2.74. The zero-order chi connectivity index (χ0) is 13.0. The fourth-order valence-corrected chi connectivity index (χ4v) is 2.31. The van der Waals surface area contributed by atoms with Crippen LogP contribution in [-0.2, 0) is 16.1 Å². The number of amides is 1. The van der Waals surface area contributed by atoms with Gasteiger partial charge in [-0.25, -0.2) is 0 Å². The molecule has 2 rings (SSSR count). The second-order valence-corrected chi connectivity index (χ2v) is 4.81. The van der Waals surface area contributed by atoms with Crippen LogP contribution < -0.4 is 5.32 Å². The predicted octanol–water partition coefficient (Wildman–Crippen LogP) is 2.17. The van der Waals surface area contributed by atoms with Gasteiger partial charge in [0, 0.05) is 35.2 Å². The van der Waals surface area contributed by atoms with Gasteiger partial charge in [0.15, 0.2) is 0 Å². The molecule has 1 N–H and O–H groups in total. The predicted molar refractivity (Wildman–Crippen MR) is 74.5 cm³/mol. The zero-order valence-corrected chi connectivity index (χ0v) is 11.7. The molecule has 1 aromatic carbocycles. The van der Waals surface area contributed by atoms with Crippen LogP contribution in [0, 0.1) is 0 Å². The highest BCUT2D eigenvalue weighted by molar-refractivity contribution is 9.10. The Hall–Kier alpha value is -1.33. The second-order valence-electron chi connectivity index (χ2n) is 3.96. The highest BCUT2D eigenvalue weighted by Gasteiger charge is 2.07. The SMILES string of the molecule is COCCNC(=O)Cn1ccc2c(Br)cccc21. The molecule has 0 fully saturated rings. The number of aromatic nitrogens is 1. The topological polar surface area (TPSA) is 43.3 Å². The molecule has 0 aliphatic carbocycles. The summed E-state index contributed by atoms with van der Waals surface area (Å²) in [6.07, 6.45) is 1.92. The molecular weight excluding hydrogens is 296 g/mol. The van der Waals surface area contributed by atoms with Crippen molar-refractivity contribution in [1.82, 2.24) is 9.88 Å². The molecule has 96 valence electrons. The van der Waals surface area contributed by atoms with E-state index in [9.17, 15) is 4.79 Å². The summed E-state index contributed by atoms with van der Waals surface area (Å²) in [6, 6.07) is 7.96. The van der Waals surface area contributed by atoms with Crippen molar-refractivity contribution in [3.8, 4) is 0 Å². The molecule has 0 unspecified atom stereocenters. The lowest BCUT2D eigenvalue weighted by atomic mass is 10.2. The van der Waals surface area contributed by atoms with Gasteiger partial charge < -0.3 is 14.6 Å². The van der Waals surface area contributed by atoms with E-state index in [1.54, 1.807) is 7.11 Å². The van der Waals surface area contributed by atoms with Crippen LogP contribution in [0.1, 0.15) is 0 Å². The lowest BCUT2D eigenvalue weighted by molar-refractivity contribution is -0.121. The normalized spacial score (nSPS) is 10.8. The number of nitrogens with one attached hydrogen (secondary N) is 1. The van der Waals surface area contributed by atoms with E-state index in [1.165, 1.54) is 0 Å². The summed E-state index contributed by atoms with van der Waals surface area (Å²) in [5, 5.41) is 3.92. The molecule has 0 aliphatic rings. The van der Waals surface area contributed by atoms with Crippen molar-refractivity contribution in [2.24, 2.45) is 0 Å². The maximum Gasteiger partial charge on any atom is 0.240 e. The molecule has 0 bridgehead atoms. The minimum atomic E-state index is -0.00970. The van der Waals surface area contributed by atoms with Gasteiger partial charge in [-0.2, -0.15) is 0 Å². The van der Waals surface area contributed by atoms with E-state index in [1.807, 2.05) is 35.0 Å². The number of nitrogens with zero attached hydrogens (tertiary/aromatic N) is 1. The summed E-state index contributed by atoms with van der Waals surface area (Å²) in [7, 11) is 1.61. The quantitative estimate of drug-likeness (QED) is 0.860. The lowest BCUT2D eigenvalue weighted by Crippen LogP contribution is -2.30. The van der Waals surface area contributed by atoms with Gasteiger partial charge in [-0.15, -0.1) is 0 Å². The Morgan fingerprint density at radius 3 is 3.06 bits per heavy atom. The highest BCUT2D eigenvalue weighted by atomic mass is 79.9. The van der Waals surface area contributed by atoms with Crippen molar-refractivity contribution >= 4 is 32.7 Å². The van der Waals surface area contributed by atoms with Crippen molar-refractivity contribution in [1.29, 1.82) is 0 Å². The Labute approximate surface area is 114 Å². The maximum absolute atomic E-state index is 11.7. The smallest absolute Gasteiger partial charge is 0.240 e. The van der Waals surface area contributed by atoms with E-state index >= 15 is 0 Å². The first-order valence-electron chi connectivity index (χ1n) is 5.71. The van der Waals surface area contributed by atoms with Gasteiger partial charge in [0.05, 0.1) is 6.61 Å². The Bertz CT molecular complexity index is 551. The van der Waals surface area contributed by atoms with Crippen molar-refractivity contribution in [3.05, 3.63) is 34.9 Å². The third kappa shape index (κ3) is 2.91. The van der Waals surface area contributed by atoms with Crippen LogP contribution in [0.4, 0.5) is 0 Å². The first kappa shape index (κ1) is 13.1. The highest BCUT2D eigenvalue weighted by Crippen LogP contribution is 2.24. The number of hydrogen-bond donors (Lipinski definition) is 1. The second kappa shape index (κ2) is 6.02. The molecule has 4 nitrogen and oxygen atoms in total. The van der Waals surface area contributed by atoms with Crippen LogP contribution in [0.25, 0.3) is 10.9 Å². The number of halogens is 1. The molecule has 0 saturated carbocycles. The van der Waals surface area contributed by atoms with Crippen LogP contribution in [0.15, 0.2) is 34.9 Å². The summed E-state index contributed by atoms with van der Waals surface area (Å²) in [5.41, 5.74) is 1.05. The molecule has 0 spiro atoms. The number of ether oxygens (including phenoxy) is 1. The number of fused-ring (bicyclic) bond motifs is 1. The monoisotopic (exact) mass is 310 g/mol. The Morgan fingerprint density at radius 1 is 1.44 bits per heavy atom. The zero-order valence-electron chi connectivity index (χ0n) is 10.1. The summed E-state index contributed by atoms with van der Waals surface area (Å²) in [6.45, 7) is 1.39. The minimum Gasteiger partial charge on any atom is -0.383 e. The number of carbonyl (C=O) groups is 1. The first-order chi connectivity index (χ1) is 8.72. The fraction of sp³-hybridized carbons (Fsp3) is 0.308. The van der Waals surface area contributed by atoms with Gasteiger partial charge in [-0.3, -0.25) is 4.79 Å². The maximum atomic E-state index is 11.7. The van der Waals surface area contributed by atoms with Gasteiger partial charge in [-0.05, 0) is 18.2 Å². The molecule has 1 amide bonds. The molecule has 18 heavy (non-hydrogen) atoms. The Kier molecular flexibility index (Phi) is 4.38. The number of hydrogen-bond acceptors (Lipinski definition) is 2. The third-order valence-electron chi connectivity index (χ3n) is 2.70. The van der Waals surface area contributed by atoms with Crippen molar-refractivity contribution in [2.45, 2.75) is 6.54 Å². The van der Waals surface area contributed by atoms with E-state index < -0.39 is 0 Å². The molecule has 1 heterocycles. The van der Waals surface area contributed by atoms with E-state index in [2.05, 4.69) is 21.2 Å². The molecule has 0 atom stereocenters. The van der Waals surface area contributed by atoms with Crippen LogP contribution in [-0.4, -0.2) is 30.7 Å². The molecule has 1 aromatic heterocycles. The average molecular weight is 311 g/mol. The van der Waals surface area contributed by atoms with Crippen LogP contribution in [0.5, 0.6) is 0 Å². The summed E-state index contributed by atoms with van der Waals surface area (Å²) < 4.78 is 7.86. The van der Waals surface area contributed by atoms with Crippen molar-refractivity contribution in [2.75, 3.05) is 20.3 Å². The summed E-state index contributed by atoms with van der Waals surface area (Å²) >= 11 is 3.50. The van der Waals surface area contributed by atoms with Gasteiger partial charge in [0.2, 0.25) is 5.91 Å². The largest absolute Gasteiger partial charge is 0.383 e. The minimum absolute atomic E-state index is 0.00970. The van der Waals surface area contributed by atoms with Crippen molar-refractivity contribution in [3.63, 3.8) is 0 Å². The summed E-state index contributed by atoms with van der Waals surface area (Å²) in [5.74, 6) is -0.00970. The van der Waals surface area contributed by atoms with E-state index in [4.69, 9.17) is 4.74 Å². The molecular formula is C13H15BrN2O2. The number of methoxy groups -OCH3 is 1. The molecule has 0 aliphatic heterocycles. The van der Waals surface area contributed by atoms with Crippen molar-refractivity contribution < 1.29 is 9.53 Å². The molecule has 0 radical (unpaired) electrons. The third-order valence-corrected chi connectivity index (χ3v) is 3.39. The van der Waals surface area contributed by atoms with Gasteiger partial charge in [-0.1, -0.05) is 22.0 Å². The number of benzene rings is 1. The van der Waals surface area contributed by atoms with Gasteiger partial charge in [0.25, 0.3) is 0 Å². The number of carbonyl (C=O) groups excluding carboxylic acids is 1. The lowest BCUT2D eigenvalue weighted by Gasteiger charge is -2.07. The van der Waals surface area contributed by atoms with Crippen LogP contribution in [0.3, 0.4) is 0 Å². The number of rotatable bonds is 5. The fourth-order valence-electron chi connectivity index (χ4n) is 1.83. The first-order valence-corrected chi connectivity index (χ1v) is 6.50. The van der Waals surface area contributed by atoms with Gasteiger partial charge >= 0.3 is 0 Å². The van der Waals surface area contributed by atoms with Gasteiger partial charge in [0.1, 0.15) is 6.54 Å². The molecule has 0 saturated heterocycles. The van der Waals surface area contributed by atoms with Crippen LogP contribution in [0.2, 0.25) is 0 Å². The standard InChI is InChI=1S/C13H15BrN2O2/c1-18-8-6-15-13(17)9-16-7-5-10-11(14)3-2-4-12(10)16/h2-5,7H,6,8-9H2,1H3,(H,15,17). The Morgan fingerprint density at radius 2 is 2.28 bits per heavy atom. The van der Waals surface area contributed by atoms with E-state index in [0.717, 1.165) is 15.4 Å². The van der Waals surface area contributed by atoms with E-state index in [0.29, 0.717) is 19.7 Å². The van der Waals surface area contributed by atoms with Crippen LogP contribution >= 0.6 is 15.9 Å². The molecule has 2 aromatic rings. The van der Waals surface area contributed by atoms with E-state index in [-0.39, 0.29) is 5.91 Å². The molecule has 5 heteroatoms. The summed E-state index contributed by atoms with van der Waals surface area (Å²) in [4.78, 5) is 11.7. The Balaban J connectivity index is 2.08.